The van der Waals surface area contributed by atoms with Gasteiger partial charge in [0.15, 0.2) is 0 Å². The Balaban J connectivity index is 2.04. The molecular formula is C14H9ClN2O2. The van der Waals surface area contributed by atoms with Gasteiger partial charge in [0.1, 0.15) is 0 Å². The number of ketones is 1. The van der Waals surface area contributed by atoms with Gasteiger partial charge in [-0.3, -0.25) is 19.5 Å². The maximum atomic E-state index is 12.0. The number of Topliss-reactive ketones (excluding diaryl/α,β-unsaturated/α-hetero) is 1. The fourth-order valence-electron chi connectivity index (χ4n) is 2.14. The van der Waals surface area contributed by atoms with E-state index >= 15 is 0 Å². The van der Waals surface area contributed by atoms with Gasteiger partial charge < -0.3 is 0 Å². The maximum absolute atomic E-state index is 12.0. The van der Waals surface area contributed by atoms with E-state index < -0.39 is 11.7 Å². The number of nitrogens with zero attached hydrogens (tertiary/aromatic N) is 2. The molecule has 3 rings (SSSR count). The molecule has 2 aromatic rings. The van der Waals surface area contributed by atoms with Crippen LogP contribution in [0.1, 0.15) is 15.9 Å². The Morgan fingerprint density at radius 2 is 2.00 bits per heavy atom. The molecule has 0 fully saturated rings. The van der Waals surface area contributed by atoms with Crippen molar-refractivity contribution in [2.45, 2.75) is 6.54 Å². The Morgan fingerprint density at radius 1 is 1.16 bits per heavy atom. The molecule has 1 aliphatic rings. The molecule has 1 aromatic carbocycles. The first-order valence-electron chi connectivity index (χ1n) is 5.72. The molecule has 5 heteroatoms. The van der Waals surface area contributed by atoms with E-state index in [-0.39, 0.29) is 6.54 Å². The number of amides is 1. The standard InChI is InChI=1S/C14H9ClN2O2/c15-11-5-1-4-10-12(11)17(14(19)13(10)18)8-9-3-2-6-16-7-9/h1-7H,8H2. The van der Waals surface area contributed by atoms with Crippen molar-refractivity contribution in [3.63, 3.8) is 0 Å². The van der Waals surface area contributed by atoms with Crippen LogP contribution in [0.15, 0.2) is 42.7 Å². The van der Waals surface area contributed by atoms with Crippen LogP contribution in [0.3, 0.4) is 0 Å². The van der Waals surface area contributed by atoms with E-state index in [1.807, 2.05) is 6.07 Å². The van der Waals surface area contributed by atoms with Crippen molar-refractivity contribution in [1.29, 1.82) is 0 Å². The van der Waals surface area contributed by atoms with Crippen molar-refractivity contribution in [3.05, 3.63) is 58.9 Å². The van der Waals surface area contributed by atoms with Crippen LogP contribution >= 0.6 is 11.6 Å². The van der Waals surface area contributed by atoms with E-state index in [1.54, 1.807) is 36.7 Å². The number of hydrogen-bond acceptors (Lipinski definition) is 3. The zero-order chi connectivity index (χ0) is 13.4. The maximum Gasteiger partial charge on any atom is 0.299 e. The molecule has 0 atom stereocenters. The first kappa shape index (κ1) is 11.9. The molecule has 1 amide bonds. The summed E-state index contributed by atoms with van der Waals surface area (Å²) in [4.78, 5) is 29.3. The summed E-state index contributed by atoms with van der Waals surface area (Å²) in [6, 6.07) is 8.58. The first-order chi connectivity index (χ1) is 9.18. The molecule has 0 aliphatic carbocycles. The zero-order valence-corrected chi connectivity index (χ0v) is 10.6. The van der Waals surface area contributed by atoms with Gasteiger partial charge in [0.05, 0.1) is 22.8 Å². The van der Waals surface area contributed by atoms with Gasteiger partial charge in [0.2, 0.25) is 0 Å². The van der Waals surface area contributed by atoms with E-state index in [4.69, 9.17) is 11.6 Å². The molecule has 0 saturated heterocycles. The van der Waals surface area contributed by atoms with Gasteiger partial charge in [-0.1, -0.05) is 23.7 Å². The molecule has 0 N–H and O–H groups in total. The predicted molar refractivity (Wildman–Crippen MR) is 71.2 cm³/mol. The molecule has 4 nitrogen and oxygen atoms in total. The third-order valence-electron chi connectivity index (χ3n) is 3.00. The van der Waals surface area contributed by atoms with Crippen LogP contribution in [-0.4, -0.2) is 16.7 Å². The van der Waals surface area contributed by atoms with Crippen LogP contribution in [0, 0.1) is 0 Å². The monoisotopic (exact) mass is 272 g/mol. The van der Waals surface area contributed by atoms with Crippen LogP contribution in [0.25, 0.3) is 0 Å². The summed E-state index contributed by atoms with van der Waals surface area (Å²) < 4.78 is 0. The molecule has 0 spiro atoms. The van der Waals surface area contributed by atoms with Gasteiger partial charge in [-0.25, -0.2) is 0 Å². The highest BCUT2D eigenvalue weighted by molar-refractivity contribution is 6.54. The molecule has 0 saturated carbocycles. The van der Waals surface area contributed by atoms with Gasteiger partial charge in [0.25, 0.3) is 11.7 Å². The minimum atomic E-state index is -0.549. The largest absolute Gasteiger partial charge is 0.299 e. The van der Waals surface area contributed by atoms with Crippen molar-refractivity contribution in [2.75, 3.05) is 4.90 Å². The second-order valence-electron chi connectivity index (χ2n) is 4.22. The van der Waals surface area contributed by atoms with Crippen LogP contribution < -0.4 is 4.90 Å². The topological polar surface area (TPSA) is 50.3 Å². The lowest BCUT2D eigenvalue weighted by Gasteiger charge is -2.17. The van der Waals surface area contributed by atoms with Crippen LogP contribution in [0.5, 0.6) is 0 Å². The molecule has 0 unspecified atom stereocenters. The minimum Gasteiger partial charge on any atom is -0.299 e. The number of carbonyl (C=O) groups is 2. The summed E-state index contributed by atoms with van der Waals surface area (Å²) in [5.74, 6) is -1.06. The third-order valence-corrected chi connectivity index (χ3v) is 3.31. The Bertz CT molecular complexity index is 670. The van der Waals surface area contributed by atoms with Crippen LogP contribution in [-0.2, 0) is 11.3 Å². The molecule has 1 aromatic heterocycles. The summed E-state index contributed by atoms with van der Waals surface area (Å²) in [6.07, 6.45) is 3.31. The lowest BCUT2D eigenvalue weighted by Crippen LogP contribution is -2.29. The average Bonchev–Trinajstić information content (AvgIpc) is 2.67. The van der Waals surface area contributed by atoms with Crippen molar-refractivity contribution in [2.24, 2.45) is 0 Å². The molecule has 0 radical (unpaired) electrons. The SMILES string of the molecule is O=C1C(=O)N(Cc2cccnc2)c2c(Cl)cccc21. The molecule has 0 bridgehead atoms. The Hall–Kier alpha value is -2.20. The Kier molecular flexibility index (Phi) is 2.80. The summed E-state index contributed by atoms with van der Waals surface area (Å²) in [6.45, 7) is 0.287. The first-order valence-corrected chi connectivity index (χ1v) is 6.10. The number of aromatic nitrogens is 1. The molecule has 19 heavy (non-hydrogen) atoms. The number of carbonyl (C=O) groups excluding carboxylic acids is 2. The number of rotatable bonds is 2. The van der Waals surface area contributed by atoms with E-state index in [2.05, 4.69) is 4.98 Å². The smallest absolute Gasteiger partial charge is 0.299 e. The van der Waals surface area contributed by atoms with E-state index in [0.717, 1.165) is 5.56 Å². The van der Waals surface area contributed by atoms with Gasteiger partial charge in [-0.05, 0) is 23.8 Å². The number of fused-ring (bicyclic) bond motifs is 1. The van der Waals surface area contributed by atoms with Crippen molar-refractivity contribution in [3.8, 4) is 0 Å². The number of benzene rings is 1. The van der Waals surface area contributed by atoms with Crippen molar-refractivity contribution in [1.82, 2.24) is 4.98 Å². The van der Waals surface area contributed by atoms with Crippen LogP contribution in [0.4, 0.5) is 5.69 Å². The van der Waals surface area contributed by atoms with E-state index in [9.17, 15) is 9.59 Å². The number of hydrogen-bond donors (Lipinski definition) is 0. The number of para-hydroxylation sites is 1. The predicted octanol–water partition coefficient (Wildman–Crippen LogP) is 2.46. The van der Waals surface area contributed by atoms with E-state index in [1.165, 1.54) is 4.90 Å². The van der Waals surface area contributed by atoms with Gasteiger partial charge in [-0.2, -0.15) is 0 Å². The molecule has 2 heterocycles. The fourth-order valence-corrected chi connectivity index (χ4v) is 2.41. The summed E-state index contributed by atoms with van der Waals surface area (Å²) >= 11 is 6.10. The van der Waals surface area contributed by atoms with Crippen molar-refractivity contribution >= 4 is 29.0 Å². The number of anilines is 1. The second-order valence-corrected chi connectivity index (χ2v) is 4.62. The highest BCUT2D eigenvalue weighted by Crippen LogP contribution is 2.36. The average molecular weight is 273 g/mol. The van der Waals surface area contributed by atoms with Gasteiger partial charge in [-0.15, -0.1) is 0 Å². The normalized spacial score (nSPS) is 13.8. The highest BCUT2D eigenvalue weighted by Gasteiger charge is 2.37. The van der Waals surface area contributed by atoms with Crippen molar-refractivity contribution < 1.29 is 9.59 Å². The minimum absolute atomic E-state index is 0.287. The molecular weight excluding hydrogens is 264 g/mol. The third kappa shape index (κ3) is 1.90. The van der Waals surface area contributed by atoms with Gasteiger partial charge >= 0.3 is 0 Å². The number of pyridine rings is 1. The van der Waals surface area contributed by atoms with E-state index in [0.29, 0.717) is 16.3 Å². The highest BCUT2D eigenvalue weighted by atomic mass is 35.5. The quantitative estimate of drug-likeness (QED) is 0.789. The molecule has 1 aliphatic heterocycles. The Morgan fingerprint density at radius 3 is 2.74 bits per heavy atom. The second kappa shape index (κ2) is 4.48. The fraction of sp³-hybridized carbons (Fsp3) is 0.0714. The summed E-state index contributed by atoms with van der Waals surface area (Å²) in [5.41, 5.74) is 1.70. The zero-order valence-electron chi connectivity index (χ0n) is 9.84. The molecule has 94 valence electrons. The summed E-state index contributed by atoms with van der Waals surface area (Å²) in [7, 11) is 0. The lowest BCUT2D eigenvalue weighted by atomic mass is 10.1. The summed E-state index contributed by atoms with van der Waals surface area (Å²) in [5, 5.41) is 0.403. The lowest BCUT2D eigenvalue weighted by molar-refractivity contribution is -0.114. The van der Waals surface area contributed by atoms with Gasteiger partial charge in [0, 0.05) is 12.4 Å². The Labute approximate surface area is 114 Å². The van der Waals surface area contributed by atoms with Crippen LogP contribution in [0.2, 0.25) is 5.02 Å². The number of halogens is 1.